The molecule has 1 aromatic heterocycles. The molecule has 2 aliphatic rings. The summed E-state index contributed by atoms with van der Waals surface area (Å²) in [6.07, 6.45) is 1.45. The van der Waals surface area contributed by atoms with E-state index in [0.29, 0.717) is 30.5 Å². The number of H-pyrrole nitrogens is 1. The Hall–Kier alpha value is -2.58. The lowest BCUT2D eigenvalue weighted by atomic mass is 9.89. The molecule has 9 heteroatoms. The fourth-order valence-corrected chi connectivity index (χ4v) is 4.75. The first-order valence-corrected chi connectivity index (χ1v) is 9.79. The molecule has 0 unspecified atom stereocenters. The minimum absolute atomic E-state index is 0. The maximum absolute atomic E-state index is 12.8. The van der Waals surface area contributed by atoms with Gasteiger partial charge in [0, 0.05) is 43.4 Å². The Morgan fingerprint density at radius 1 is 1.17 bits per heavy atom. The molecule has 3 heterocycles. The lowest BCUT2D eigenvalue weighted by molar-refractivity contribution is -0.131. The summed E-state index contributed by atoms with van der Waals surface area (Å²) in [7, 11) is 3.78. The minimum Gasteiger partial charge on any atom is -0.497 e. The summed E-state index contributed by atoms with van der Waals surface area (Å²) < 4.78 is 6.54. The van der Waals surface area contributed by atoms with Crippen LogP contribution in [0.15, 0.2) is 40.1 Å². The maximum Gasteiger partial charge on any atom is 0.328 e. The second-order valence-electron chi connectivity index (χ2n) is 8.08. The zero-order valence-corrected chi connectivity index (χ0v) is 18.1. The van der Waals surface area contributed by atoms with E-state index in [9.17, 15) is 14.4 Å². The van der Waals surface area contributed by atoms with E-state index in [0.717, 1.165) is 12.3 Å². The van der Waals surface area contributed by atoms with E-state index >= 15 is 0 Å². The molecule has 1 N–H and O–H groups in total. The van der Waals surface area contributed by atoms with Gasteiger partial charge in [0.1, 0.15) is 12.3 Å². The van der Waals surface area contributed by atoms with Crippen molar-refractivity contribution in [1.29, 1.82) is 0 Å². The highest BCUT2D eigenvalue weighted by Crippen LogP contribution is 2.44. The molecular formula is C21H27ClN4O4. The van der Waals surface area contributed by atoms with Crippen LogP contribution in [0.2, 0.25) is 0 Å². The quantitative estimate of drug-likeness (QED) is 0.776. The summed E-state index contributed by atoms with van der Waals surface area (Å²) in [4.78, 5) is 42.8. The lowest BCUT2D eigenvalue weighted by Crippen LogP contribution is -2.39. The number of ether oxygens (including phenoxy) is 1. The van der Waals surface area contributed by atoms with Crippen LogP contribution in [0, 0.1) is 18.8 Å². The van der Waals surface area contributed by atoms with E-state index in [-0.39, 0.29) is 30.9 Å². The molecule has 1 amide bonds. The lowest BCUT2D eigenvalue weighted by Gasteiger charge is -2.27. The van der Waals surface area contributed by atoms with Gasteiger partial charge in [-0.15, -0.1) is 12.4 Å². The first-order chi connectivity index (χ1) is 13.9. The van der Waals surface area contributed by atoms with Crippen molar-refractivity contribution in [2.24, 2.45) is 11.8 Å². The SMILES string of the molecule is COc1ccc([C@@H]2[C@@H]3CN(C(=O)Cn4cc(C)c(=O)[nH]c4=O)C[C@@H]3CN2C)cc1.Cl. The van der Waals surface area contributed by atoms with Crippen molar-refractivity contribution in [2.45, 2.75) is 19.5 Å². The standard InChI is InChI=1S/C21H26N4O4.ClH/c1-13-8-25(21(28)22-20(13)27)12-18(26)24-10-15-9-23(2)19(17(15)11-24)14-4-6-16(29-3)7-5-14;/h4-8,15,17,19H,9-12H2,1-3H3,(H,22,27,28);1H/t15-,17+,19+;/m0./s1. The number of fused-ring (bicyclic) bond motifs is 1. The molecule has 30 heavy (non-hydrogen) atoms. The van der Waals surface area contributed by atoms with Crippen LogP contribution >= 0.6 is 12.4 Å². The molecule has 0 saturated carbocycles. The van der Waals surface area contributed by atoms with Gasteiger partial charge in [-0.2, -0.15) is 0 Å². The molecule has 1 aromatic carbocycles. The molecule has 8 nitrogen and oxygen atoms in total. The number of benzene rings is 1. The highest BCUT2D eigenvalue weighted by atomic mass is 35.5. The Bertz CT molecular complexity index is 1030. The molecule has 0 radical (unpaired) electrons. The van der Waals surface area contributed by atoms with Crippen molar-refractivity contribution < 1.29 is 9.53 Å². The van der Waals surface area contributed by atoms with Crippen molar-refractivity contribution in [3.8, 4) is 5.75 Å². The Morgan fingerprint density at radius 2 is 1.87 bits per heavy atom. The number of methoxy groups -OCH3 is 1. The second-order valence-corrected chi connectivity index (χ2v) is 8.08. The highest BCUT2D eigenvalue weighted by molar-refractivity contribution is 5.85. The van der Waals surface area contributed by atoms with E-state index in [1.165, 1.54) is 16.3 Å². The van der Waals surface area contributed by atoms with Crippen molar-refractivity contribution >= 4 is 18.3 Å². The summed E-state index contributed by atoms with van der Waals surface area (Å²) >= 11 is 0. The van der Waals surface area contributed by atoms with Crippen LogP contribution in [0.4, 0.5) is 0 Å². The fourth-order valence-electron chi connectivity index (χ4n) is 4.75. The molecule has 0 spiro atoms. The minimum atomic E-state index is -0.552. The van der Waals surface area contributed by atoms with Gasteiger partial charge in [-0.3, -0.25) is 24.0 Å². The van der Waals surface area contributed by atoms with Crippen LogP contribution in [0.5, 0.6) is 5.75 Å². The number of halogens is 1. The van der Waals surface area contributed by atoms with E-state index in [1.54, 1.807) is 14.0 Å². The first kappa shape index (κ1) is 22.1. The zero-order chi connectivity index (χ0) is 20.7. The molecule has 2 saturated heterocycles. The van der Waals surface area contributed by atoms with Gasteiger partial charge in [0.25, 0.3) is 5.56 Å². The van der Waals surface area contributed by atoms with Gasteiger partial charge in [-0.05, 0) is 37.6 Å². The van der Waals surface area contributed by atoms with E-state index < -0.39 is 11.2 Å². The molecule has 2 fully saturated rings. The number of amides is 1. The topological polar surface area (TPSA) is 87.6 Å². The van der Waals surface area contributed by atoms with Crippen LogP contribution in [-0.4, -0.2) is 59.0 Å². The number of carbonyl (C=O) groups excluding carboxylic acids is 1. The summed E-state index contributed by atoms with van der Waals surface area (Å²) in [5.41, 5.74) is 0.670. The Balaban J connectivity index is 0.00000256. The first-order valence-electron chi connectivity index (χ1n) is 9.79. The number of aromatic nitrogens is 2. The number of likely N-dealkylation sites (tertiary alicyclic amines) is 2. The number of nitrogens with zero attached hydrogens (tertiary/aromatic N) is 3. The molecule has 0 aliphatic carbocycles. The number of nitrogens with one attached hydrogen (secondary N) is 1. The molecule has 3 atom stereocenters. The zero-order valence-electron chi connectivity index (χ0n) is 17.3. The fraction of sp³-hybridized carbons (Fsp3) is 0.476. The van der Waals surface area contributed by atoms with Crippen LogP contribution in [0.1, 0.15) is 17.2 Å². The second kappa shape index (κ2) is 8.65. The number of hydrogen-bond donors (Lipinski definition) is 1. The summed E-state index contributed by atoms with van der Waals surface area (Å²) in [6, 6.07) is 8.38. The average Bonchev–Trinajstić information content (AvgIpc) is 3.23. The van der Waals surface area contributed by atoms with Crippen molar-refractivity contribution in [1.82, 2.24) is 19.4 Å². The van der Waals surface area contributed by atoms with E-state index in [4.69, 9.17) is 4.74 Å². The van der Waals surface area contributed by atoms with Gasteiger partial charge in [0.05, 0.1) is 7.11 Å². The van der Waals surface area contributed by atoms with Gasteiger partial charge >= 0.3 is 5.69 Å². The van der Waals surface area contributed by atoms with E-state index in [2.05, 4.69) is 29.1 Å². The van der Waals surface area contributed by atoms with Crippen LogP contribution < -0.4 is 16.0 Å². The van der Waals surface area contributed by atoms with Crippen LogP contribution in [0.25, 0.3) is 0 Å². The summed E-state index contributed by atoms with van der Waals surface area (Å²) in [5.74, 6) is 1.50. The third-order valence-electron chi connectivity index (χ3n) is 6.20. The van der Waals surface area contributed by atoms with Crippen molar-refractivity contribution in [3.63, 3.8) is 0 Å². The summed E-state index contributed by atoms with van der Waals surface area (Å²) in [5, 5.41) is 0. The van der Waals surface area contributed by atoms with Gasteiger partial charge in [-0.25, -0.2) is 4.79 Å². The van der Waals surface area contributed by atoms with Crippen LogP contribution in [0.3, 0.4) is 0 Å². The van der Waals surface area contributed by atoms with Gasteiger partial charge in [-0.1, -0.05) is 12.1 Å². The van der Waals surface area contributed by atoms with Crippen molar-refractivity contribution in [3.05, 3.63) is 62.4 Å². The van der Waals surface area contributed by atoms with Crippen molar-refractivity contribution in [2.75, 3.05) is 33.8 Å². The third kappa shape index (κ3) is 4.02. The molecule has 4 rings (SSSR count). The predicted molar refractivity (Wildman–Crippen MR) is 115 cm³/mol. The monoisotopic (exact) mass is 434 g/mol. The largest absolute Gasteiger partial charge is 0.497 e. The van der Waals surface area contributed by atoms with Crippen LogP contribution in [-0.2, 0) is 11.3 Å². The molecule has 162 valence electrons. The predicted octanol–water partition coefficient (Wildman–Crippen LogP) is 1.04. The summed E-state index contributed by atoms with van der Waals surface area (Å²) in [6.45, 7) is 3.86. The highest BCUT2D eigenvalue weighted by Gasteiger charge is 2.47. The number of aromatic amines is 1. The molecule has 2 aromatic rings. The number of aryl methyl sites for hydroxylation is 1. The molecular weight excluding hydrogens is 408 g/mol. The van der Waals surface area contributed by atoms with Gasteiger partial charge in [0.15, 0.2) is 0 Å². The third-order valence-corrected chi connectivity index (χ3v) is 6.20. The Labute approximate surface area is 180 Å². The Morgan fingerprint density at radius 3 is 2.53 bits per heavy atom. The average molecular weight is 435 g/mol. The number of carbonyl (C=O) groups is 1. The van der Waals surface area contributed by atoms with Gasteiger partial charge in [0.2, 0.25) is 5.91 Å². The number of hydrogen-bond acceptors (Lipinski definition) is 5. The van der Waals surface area contributed by atoms with E-state index in [1.807, 2.05) is 17.0 Å². The Kier molecular flexibility index (Phi) is 6.38. The smallest absolute Gasteiger partial charge is 0.328 e. The van der Waals surface area contributed by atoms with Gasteiger partial charge < -0.3 is 9.64 Å². The normalized spacial score (nSPS) is 23.2. The number of rotatable bonds is 4. The molecule has 0 bridgehead atoms. The molecule has 2 aliphatic heterocycles. The maximum atomic E-state index is 12.8.